The molecule has 0 aliphatic heterocycles. The molecule has 1 rings (SSSR count). The molecule has 7 heteroatoms. The summed E-state index contributed by atoms with van der Waals surface area (Å²) in [6.45, 7) is 9.78. The van der Waals surface area contributed by atoms with Crippen LogP contribution in [0.2, 0.25) is 0 Å². The lowest BCUT2D eigenvalue weighted by atomic mass is 10.2. The normalized spacial score (nSPS) is 10.7. The average molecular weight is 295 g/mol. The topological polar surface area (TPSA) is 102 Å². The van der Waals surface area contributed by atoms with Gasteiger partial charge in [-0.15, -0.1) is 0 Å². The molecule has 1 heterocycles. The van der Waals surface area contributed by atoms with Crippen LogP contribution in [0.3, 0.4) is 0 Å². The summed E-state index contributed by atoms with van der Waals surface area (Å²) in [6, 6.07) is 0. The van der Waals surface area contributed by atoms with Gasteiger partial charge >= 0.3 is 0 Å². The molecular weight excluding hydrogens is 270 g/mol. The lowest BCUT2D eigenvalue weighted by Gasteiger charge is -2.15. The first-order valence-corrected chi connectivity index (χ1v) is 7.18. The van der Waals surface area contributed by atoms with Crippen LogP contribution in [0.4, 0.5) is 11.6 Å². The SMILES string of the molecule is CCNc1nc(C(C)C)nc(NCCOCC(N)=O)c1C. The smallest absolute Gasteiger partial charge is 0.243 e. The highest BCUT2D eigenvalue weighted by Crippen LogP contribution is 2.22. The molecule has 0 spiro atoms. The number of aromatic nitrogens is 2. The van der Waals surface area contributed by atoms with Gasteiger partial charge < -0.3 is 21.1 Å². The minimum Gasteiger partial charge on any atom is -0.370 e. The number of hydrogen-bond acceptors (Lipinski definition) is 6. The Morgan fingerprint density at radius 3 is 2.43 bits per heavy atom. The molecule has 0 aromatic carbocycles. The summed E-state index contributed by atoms with van der Waals surface area (Å²) in [5.74, 6) is 2.19. The fourth-order valence-corrected chi connectivity index (χ4v) is 1.72. The molecule has 1 aromatic rings. The second-order valence-electron chi connectivity index (χ2n) is 5.03. The summed E-state index contributed by atoms with van der Waals surface area (Å²) in [6.07, 6.45) is 0. The molecule has 0 aliphatic carbocycles. The van der Waals surface area contributed by atoms with Gasteiger partial charge in [-0.3, -0.25) is 4.79 Å². The predicted molar refractivity (Wildman–Crippen MR) is 83.5 cm³/mol. The third-order valence-electron chi connectivity index (χ3n) is 2.81. The van der Waals surface area contributed by atoms with Crippen molar-refractivity contribution in [1.82, 2.24) is 9.97 Å². The minimum atomic E-state index is -0.468. The highest BCUT2D eigenvalue weighted by molar-refractivity contribution is 5.74. The number of rotatable bonds is 9. The number of carbonyl (C=O) groups excluding carboxylic acids is 1. The van der Waals surface area contributed by atoms with Crippen LogP contribution in [0.15, 0.2) is 0 Å². The van der Waals surface area contributed by atoms with Crippen LogP contribution in [0.5, 0.6) is 0 Å². The predicted octanol–water partition coefficient (Wildman–Crippen LogP) is 1.25. The van der Waals surface area contributed by atoms with E-state index in [1.165, 1.54) is 0 Å². The fourth-order valence-electron chi connectivity index (χ4n) is 1.72. The van der Waals surface area contributed by atoms with E-state index in [-0.39, 0.29) is 12.5 Å². The van der Waals surface area contributed by atoms with Gasteiger partial charge in [-0.05, 0) is 13.8 Å². The standard InChI is InChI=1S/C14H25N5O2/c1-5-16-13-10(4)14(19-12(18-13)9(2)3)17-6-7-21-8-11(15)20/h9H,5-8H2,1-4H3,(H2,15,20)(H2,16,17,18,19). The van der Waals surface area contributed by atoms with Crippen LogP contribution >= 0.6 is 0 Å². The van der Waals surface area contributed by atoms with Gasteiger partial charge in [0.25, 0.3) is 0 Å². The van der Waals surface area contributed by atoms with E-state index < -0.39 is 5.91 Å². The monoisotopic (exact) mass is 295 g/mol. The summed E-state index contributed by atoms with van der Waals surface area (Å²) in [4.78, 5) is 19.6. The Balaban J connectivity index is 2.72. The largest absolute Gasteiger partial charge is 0.370 e. The first-order chi connectivity index (χ1) is 9.95. The number of anilines is 2. The summed E-state index contributed by atoms with van der Waals surface area (Å²) >= 11 is 0. The van der Waals surface area contributed by atoms with Crippen molar-refractivity contribution in [2.75, 3.05) is 36.9 Å². The number of primary amides is 1. The van der Waals surface area contributed by atoms with E-state index in [0.717, 1.165) is 29.6 Å². The molecule has 0 atom stereocenters. The highest BCUT2D eigenvalue weighted by atomic mass is 16.5. The maximum absolute atomic E-state index is 10.6. The van der Waals surface area contributed by atoms with Crippen molar-refractivity contribution in [3.8, 4) is 0 Å². The lowest BCUT2D eigenvalue weighted by molar-refractivity contribution is -0.122. The number of amides is 1. The zero-order valence-corrected chi connectivity index (χ0v) is 13.2. The van der Waals surface area contributed by atoms with Crippen molar-refractivity contribution >= 4 is 17.5 Å². The van der Waals surface area contributed by atoms with E-state index in [1.54, 1.807) is 0 Å². The molecule has 118 valence electrons. The Kier molecular flexibility index (Phi) is 6.87. The highest BCUT2D eigenvalue weighted by Gasteiger charge is 2.12. The van der Waals surface area contributed by atoms with Gasteiger partial charge in [-0.2, -0.15) is 0 Å². The Labute approximate surface area is 125 Å². The van der Waals surface area contributed by atoms with Crippen molar-refractivity contribution in [1.29, 1.82) is 0 Å². The molecule has 1 aromatic heterocycles. The van der Waals surface area contributed by atoms with Gasteiger partial charge in [-0.1, -0.05) is 13.8 Å². The molecule has 0 radical (unpaired) electrons. The van der Waals surface area contributed by atoms with Gasteiger partial charge in [0.2, 0.25) is 5.91 Å². The molecule has 0 bridgehead atoms. The molecule has 0 saturated heterocycles. The first kappa shape index (κ1) is 17.2. The van der Waals surface area contributed by atoms with E-state index in [2.05, 4.69) is 34.4 Å². The van der Waals surface area contributed by atoms with Crippen molar-refractivity contribution in [2.24, 2.45) is 5.73 Å². The lowest BCUT2D eigenvalue weighted by Crippen LogP contribution is -2.21. The fraction of sp³-hybridized carbons (Fsp3) is 0.643. The Morgan fingerprint density at radius 1 is 1.29 bits per heavy atom. The number of nitrogens with zero attached hydrogens (tertiary/aromatic N) is 2. The maximum atomic E-state index is 10.6. The number of ether oxygens (including phenoxy) is 1. The van der Waals surface area contributed by atoms with Crippen LogP contribution in [0.25, 0.3) is 0 Å². The number of nitrogens with two attached hydrogens (primary N) is 1. The second kappa shape index (κ2) is 8.41. The van der Waals surface area contributed by atoms with Gasteiger partial charge in [0.05, 0.1) is 6.61 Å². The molecule has 0 saturated carbocycles. The van der Waals surface area contributed by atoms with E-state index in [4.69, 9.17) is 10.5 Å². The molecule has 21 heavy (non-hydrogen) atoms. The average Bonchev–Trinajstić information content (AvgIpc) is 2.41. The summed E-state index contributed by atoms with van der Waals surface area (Å²) in [5.41, 5.74) is 5.97. The Hall–Kier alpha value is -1.89. The van der Waals surface area contributed by atoms with Crippen LogP contribution in [-0.4, -0.2) is 42.2 Å². The van der Waals surface area contributed by atoms with E-state index in [9.17, 15) is 4.79 Å². The second-order valence-corrected chi connectivity index (χ2v) is 5.03. The van der Waals surface area contributed by atoms with E-state index >= 15 is 0 Å². The summed E-state index contributed by atoms with van der Waals surface area (Å²) in [5, 5.41) is 6.46. The summed E-state index contributed by atoms with van der Waals surface area (Å²) < 4.78 is 5.12. The minimum absolute atomic E-state index is 0.0652. The molecule has 1 amide bonds. The molecule has 0 aliphatic rings. The van der Waals surface area contributed by atoms with Gasteiger partial charge in [-0.25, -0.2) is 9.97 Å². The molecule has 0 fully saturated rings. The van der Waals surface area contributed by atoms with E-state index in [1.807, 2.05) is 13.8 Å². The summed E-state index contributed by atoms with van der Waals surface area (Å²) in [7, 11) is 0. The van der Waals surface area contributed by atoms with Crippen molar-refractivity contribution < 1.29 is 9.53 Å². The van der Waals surface area contributed by atoms with Gasteiger partial charge in [0, 0.05) is 24.6 Å². The first-order valence-electron chi connectivity index (χ1n) is 7.18. The number of hydrogen-bond donors (Lipinski definition) is 3. The van der Waals surface area contributed by atoms with Crippen LogP contribution < -0.4 is 16.4 Å². The van der Waals surface area contributed by atoms with E-state index in [0.29, 0.717) is 13.2 Å². The van der Waals surface area contributed by atoms with Crippen LogP contribution in [0.1, 0.15) is 38.1 Å². The number of nitrogens with one attached hydrogen (secondary N) is 2. The Morgan fingerprint density at radius 2 is 1.90 bits per heavy atom. The Bertz CT molecular complexity index is 477. The molecule has 0 unspecified atom stereocenters. The van der Waals surface area contributed by atoms with Crippen LogP contribution in [-0.2, 0) is 9.53 Å². The zero-order valence-electron chi connectivity index (χ0n) is 13.2. The maximum Gasteiger partial charge on any atom is 0.243 e. The zero-order chi connectivity index (χ0) is 15.8. The molecule has 4 N–H and O–H groups in total. The third kappa shape index (κ3) is 5.55. The molecular formula is C14H25N5O2. The molecule has 7 nitrogen and oxygen atoms in total. The van der Waals surface area contributed by atoms with Crippen LogP contribution in [0, 0.1) is 6.92 Å². The van der Waals surface area contributed by atoms with Gasteiger partial charge in [0.1, 0.15) is 24.1 Å². The van der Waals surface area contributed by atoms with Gasteiger partial charge in [0.15, 0.2) is 0 Å². The number of carbonyl (C=O) groups is 1. The van der Waals surface area contributed by atoms with Crippen molar-refractivity contribution in [2.45, 2.75) is 33.6 Å². The quantitative estimate of drug-likeness (QED) is 0.593. The van der Waals surface area contributed by atoms with Crippen molar-refractivity contribution in [3.05, 3.63) is 11.4 Å². The third-order valence-corrected chi connectivity index (χ3v) is 2.81. The van der Waals surface area contributed by atoms with Crippen molar-refractivity contribution in [3.63, 3.8) is 0 Å².